The maximum Gasteiger partial charge on any atom is -0.00176 e. The summed E-state index contributed by atoms with van der Waals surface area (Å²) in [6, 6.07) is 0. The summed E-state index contributed by atoms with van der Waals surface area (Å²) in [5.74, 6) is 5.82. The highest BCUT2D eigenvalue weighted by Gasteiger charge is 2.40. The summed E-state index contributed by atoms with van der Waals surface area (Å²) in [4.78, 5) is 0. The monoisotopic (exact) mass is 251 g/mol. The Morgan fingerprint density at radius 2 is 1.72 bits per heavy atom. The van der Waals surface area contributed by atoms with Crippen LogP contribution in [0.1, 0.15) is 59.8 Å². The van der Waals surface area contributed by atoms with Crippen molar-refractivity contribution in [3.8, 4) is 0 Å². The summed E-state index contributed by atoms with van der Waals surface area (Å²) in [5.41, 5.74) is 0. The normalized spacial score (nSPS) is 33.3. The Balaban J connectivity index is 1.81. The minimum absolute atomic E-state index is 0.788. The summed E-state index contributed by atoms with van der Waals surface area (Å²) in [6.45, 7) is 11.9. The Hall–Kier alpha value is -0.0400. The molecule has 1 nitrogen and oxygen atoms in total. The second-order valence-electron chi connectivity index (χ2n) is 7.63. The fraction of sp³-hybridized carbons (Fsp3) is 1.00. The molecule has 1 heteroatoms. The Kier molecular flexibility index (Phi) is 5.12. The van der Waals surface area contributed by atoms with E-state index >= 15 is 0 Å². The molecule has 3 unspecified atom stereocenters. The molecule has 0 aliphatic heterocycles. The fourth-order valence-electron chi connectivity index (χ4n) is 3.82. The van der Waals surface area contributed by atoms with E-state index in [0.717, 1.165) is 35.5 Å². The first-order valence-electron chi connectivity index (χ1n) is 8.28. The summed E-state index contributed by atoms with van der Waals surface area (Å²) in [5, 5.41) is 3.71. The van der Waals surface area contributed by atoms with E-state index in [1.54, 1.807) is 0 Å². The van der Waals surface area contributed by atoms with Gasteiger partial charge in [-0.05, 0) is 80.7 Å². The van der Waals surface area contributed by atoms with Gasteiger partial charge in [0, 0.05) is 0 Å². The first kappa shape index (κ1) is 14.4. The lowest BCUT2D eigenvalue weighted by molar-refractivity contribution is 0.128. The summed E-state index contributed by atoms with van der Waals surface area (Å²) < 4.78 is 0. The molecule has 1 N–H and O–H groups in total. The molecule has 106 valence electrons. The third-order valence-electron chi connectivity index (χ3n) is 5.22. The standard InChI is InChI=1S/C17H33N/c1-12(2)10-18-11-16-8-7-15(13(3)4)9-17(16)14-5-6-14/h12-18H,5-11H2,1-4H3. The van der Waals surface area contributed by atoms with Crippen molar-refractivity contribution in [2.75, 3.05) is 13.1 Å². The van der Waals surface area contributed by atoms with Crippen molar-refractivity contribution in [1.82, 2.24) is 5.32 Å². The van der Waals surface area contributed by atoms with E-state index in [1.165, 1.54) is 45.2 Å². The van der Waals surface area contributed by atoms with Crippen LogP contribution in [0.25, 0.3) is 0 Å². The van der Waals surface area contributed by atoms with Gasteiger partial charge in [0.2, 0.25) is 0 Å². The largest absolute Gasteiger partial charge is 0.316 e. The van der Waals surface area contributed by atoms with Gasteiger partial charge >= 0.3 is 0 Å². The highest BCUT2D eigenvalue weighted by Crippen LogP contribution is 2.49. The van der Waals surface area contributed by atoms with Gasteiger partial charge in [-0.2, -0.15) is 0 Å². The zero-order valence-corrected chi connectivity index (χ0v) is 12.9. The van der Waals surface area contributed by atoms with Crippen LogP contribution in [0.2, 0.25) is 0 Å². The van der Waals surface area contributed by atoms with Crippen LogP contribution in [0.4, 0.5) is 0 Å². The number of rotatable bonds is 6. The molecule has 0 spiro atoms. The lowest BCUT2D eigenvalue weighted by Crippen LogP contribution is -2.36. The molecular formula is C17H33N. The Morgan fingerprint density at radius 3 is 2.28 bits per heavy atom. The SMILES string of the molecule is CC(C)CNCC1CCC(C(C)C)CC1C1CC1. The highest BCUT2D eigenvalue weighted by atomic mass is 14.9. The van der Waals surface area contributed by atoms with E-state index < -0.39 is 0 Å². The molecule has 0 aromatic rings. The molecule has 3 atom stereocenters. The number of hydrogen-bond donors (Lipinski definition) is 1. The molecule has 0 aromatic carbocycles. The van der Waals surface area contributed by atoms with Crippen molar-refractivity contribution >= 4 is 0 Å². The van der Waals surface area contributed by atoms with E-state index in [2.05, 4.69) is 33.0 Å². The smallest absolute Gasteiger partial charge is 0.00176 e. The third kappa shape index (κ3) is 3.98. The minimum atomic E-state index is 0.788. The van der Waals surface area contributed by atoms with Gasteiger partial charge in [-0.25, -0.2) is 0 Å². The van der Waals surface area contributed by atoms with E-state index in [0.29, 0.717) is 0 Å². The topological polar surface area (TPSA) is 12.0 Å². The summed E-state index contributed by atoms with van der Waals surface area (Å²) in [6.07, 6.45) is 7.53. The van der Waals surface area contributed by atoms with Crippen molar-refractivity contribution in [1.29, 1.82) is 0 Å². The minimum Gasteiger partial charge on any atom is -0.316 e. The first-order chi connectivity index (χ1) is 8.58. The molecule has 0 bridgehead atoms. The Labute approximate surface area is 114 Å². The second-order valence-corrected chi connectivity index (χ2v) is 7.63. The number of hydrogen-bond acceptors (Lipinski definition) is 1. The molecule has 0 heterocycles. The van der Waals surface area contributed by atoms with Crippen LogP contribution in [0.3, 0.4) is 0 Å². The van der Waals surface area contributed by atoms with Crippen LogP contribution in [0, 0.1) is 35.5 Å². The van der Waals surface area contributed by atoms with E-state index in [4.69, 9.17) is 0 Å². The zero-order chi connectivity index (χ0) is 13.1. The third-order valence-corrected chi connectivity index (χ3v) is 5.22. The average Bonchev–Trinajstić information content (AvgIpc) is 3.12. The van der Waals surface area contributed by atoms with Crippen LogP contribution >= 0.6 is 0 Å². The second kappa shape index (κ2) is 6.41. The van der Waals surface area contributed by atoms with Crippen LogP contribution in [-0.2, 0) is 0 Å². The lowest BCUT2D eigenvalue weighted by Gasteiger charge is -2.38. The lowest BCUT2D eigenvalue weighted by atomic mass is 9.69. The Bertz CT molecular complexity index is 240. The Morgan fingerprint density at radius 1 is 1.00 bits per heavy atom. The predicted molar refractivity (Wildman–Crippen MR) is 79.6 cm³/mol. The summed E-state index contributed by atoms with van der Waals surface area (Å²) in [7, 11) is 0. The maximum absolute atomic E-state index is 3.71. The fourth-order valence-corrected chi connectivity index (χ4v) is 3.82. The molecule has 0 saturated heterocycles. The van der Waals surface area contributed by atoms with Crippen LogP contribution in [0.15, 0.2) is 0 Å². The van der Waals surface area contributed by atoms with E-state index in [-0.39, 0.29) is 0 Å². The summed E-state index contributed by atoms with van der Waals surface area (Å²) >= 11 is 0. The van der Waals surface area contributed by atoms with Crippen molar-refractivity contribution in [3.63, 3.8) is 0 Å². The first-order valence-corrected chi connectivity index (χ1v) is 8.28. The predicted octanol–water partition coefficient (Wildman–Crippen LogP) is 4.33. The molecule has 2 aliphatic carbocycles. The average molecular weight is 251 g/mol. The molecular weight excluding hydrogens is 218 g/mol. The van der Waals surface area contributed by atoms with Gasteiger partial charge in [0.25, 0.3) is 0 Å². The van der Waals surface area contributed by atoms with Gasteiger partial charge in [0.1, 0.15) is 0 Å². The van der Waals surface area contributed by atoms with Gasteiger partial charge in [-0.1, -0.05) is 27.7 Å². The highest BCUT2D eigenvalue weighted by molar-refractivity contribution is 4.91. The molecule has 0 amide bonds. The van der Waals surface area contributed by atoms with Gasteiger partial charge < -0.3 is 5.32 Å². The zero-order valence-electron chi connectivity index (χ0n) is 12.9. The van der Waals surface area contributed by atoms with Gasteiger partial charge in [-0.15, -0.1) is 0 Å². The molecule has 18 heavy (non-hydrogen) atoms. The quantitative estimate of drug-likeness (QED) is 0.741. The van der Waals surface area contributed by atoms with Crippen LogP contribution in [-0.4, -0.2) is 13.1 Å². The molecule has 0 radical (unpaired) electrons. The van der Waals surface area contributed by atoms with Gasteiger partial charge in [-0.3, -0.25) is 0 Å². The molecule has 2 saturated carbocycles. The molecule has 2 aliphatic rings. The van der Waals surface area contributed by atoms with Gasteiger partial charge in [0.15, 0.2) is 0 Å². The molecule has 0 aromatic heterocycles. The number of nitrogens with one attached hydrogen (secondary N) is 1. The van der Waals surface area contributed by atoms with Crippen molar-refractivity contribution < 1.29 is 0 Å². The molecule has 2 fully saturated rings. The van der Waals surface area contributed by atoms with E-state index in [9.17, 15) is 0 Å². The van der Waals surface area contributed by atoms with Crippen LogP contribution < -0.4 is 5.32 Å². The maximum atomic E-state index is 3.71. The van der Waals surface area contributed by atoms with Gasteiger partial charge in [0.05, 0.1) is 0 Å². The van der Waals surface area contributed by atoms with Crippen molar-refractivity contribution in [3.05, 3.63) is 0 Å². The molecule has 2 rings (SSSR count). The van der Waals surface area contributed by atoms with E-state index in [1.807, 2.05) is 0 Å². The van der Waals surface area contributed by atoms with Crippen LogP contribution in [0.5, 0.6) is 0 Å². The van der Waals surface area contributed by atoms with Crippen molar-refractivity contribution in [2.24, 2.45) is 35.5 Å². The van der Waals surface area contributed by atoms with Crippen molar-refractivity contribution in [2.45, 2.75) is 59.8 Å².